The minimum atomic E-state index is -0.192. The number of benzene rings is 2. The Bertz CT molecular complexity index is 1230. The van der Waals surface area contributed by atoms with Crippen molar-refractivity contribution in [1.82, 2.24) is 19.9 Å². The molecule has 0 spiro atoms. The van der Waals surface area contributed by atoms with Gasteiger partial charge in [-0.25, -0.2) is 9.50 Å². The van der Waals surface area contributed by atoms with Gasteiger partial charge in [-0.3, -0.25) is 4.79 Å². The molecule has 2 heterocycles. The molecule has 0 aliphatic rings. The molecule has 4 aromatic rings. The van der Waals surface area contributed by atoms with Crippen LogP contribution in [0.1, 0.15) is 46.9 Å². The van der Waals surface area contributed by atoms with Crippen molar-refractivity contribution in [2.24, 2.45) is 0 Å². The highest BCUT2D eigenvalue weighted by molar-refractivity contribution is 5.95. The third-order valence-corrected chi connectivity index (χ3v) is 5.58. The topological polar surface area (TPSA) is 68.5 Å². The summed E-state index contributed by atoms with van der Waals surface area (Å²) >= 11 is 0. The summed E-state index contributed by atoms with van der Waals surface area (Å²) in [6.07, 6.45) is 3.42. The summed E-state index contributed by atoms with van der Waals surface area (Å²) in [5.41, 5.74) is 6.45. The fourth-order valence-electron chi connectivity index (χ4n) is 3.58. The van der Waals surface area contributed by atoms with Gasteiger partial charge >= 0.3 is 0 Å². The number of hydrogen-bond donors (Lipinski definition) is 1. The van der Waals surface area contributed by atoms with Crippen LogP contribution in [0.5, 0.6) is 5.75 Å². The van der Waals surface area contributed by atoms with Gasteiger partial charge in [0.15, 0.2) is 5.65 Å². The van der Waals surface area contributed by atoms with Crippen molar-refractivity contribution >= 4 is 11.6 Å². The van der Waals surface area contributed by atoms with E-state index in [0.29, 0.717) is 24.6 Å². The lowest BCUT2D eigenvalue weighted by atomic mass is 10.00. The zero-order valence-corrected chi connectivity index (χ0v) is 18.9. The molecule has 0 bridgehead atoms. The Morgan fingerprint density at radius 3 is 2.44 bits per heavy atom. The molecular formula is C26H28N4O2. The van der Waals surface area contributed by atoms with Crippen LogP contribution in [0, 0.1) is 13.8 Å². The second-order valence-corrected chi connectivity index (χ2v) is 8.25. The van der Waals surface area contributed by atoms with E-state index in [1.807, 2.05) is 38.1 Å². The van der Waals surface area contributed by atoms with E-state index < -0.39 is 0 Å². The van der Waals surface area contributed by atoms with Gasteiger partial charge in [0.1, 0.15) is 12.4 Å². The summed E-state index contributed by atoms with van der Waals surface area (Å²) in [5, 5.41) is 7.38. The first-order chi connectivity index (χ1) is 15.4. The fraction of sp³-hybridized carbons (Fsp3) is 0.269. The van der Waals surface area contributed by atoms with Crippen molar-refractivity contribution in [3.63, 3.8) is 0 Å². The van der Waals surface area contributed by atoms with Crippen LogP contribution in [0.15, 0.2) is 60.9 Å². The van der Waals surface area contributed by atoms with Crippen LogP contribution in [-0.4, -0.2) is 33.7 Å². The lowest BCUT2D eigenvalue weighted by molar-refractivity contribution is 0.0945. The number of nitrogens with zero attached hydrogens (tertiary/aromatic N) is 3. The number of aromatic nitrogens is 3. The first-order valence-electron chi connectivity index (χ1n) is 10.9. The summed E-state index contributed by atoms with van der Waals surface area (Å²) < 4.78 is 7.40. The van der Waals surface area contributed by atoms with Gasteiger partial charge in [-0.1, -0.05) is 55.8 Å². The van der Waals surface area contributed by atoms with Crippen molar-refractivity contribution in [3.8, 4) is 16.9 Å². The number of aryl methyl sites for hydroxylation is 2. The number of fused-ring (bicyclic) bond motifs is 1. The normalized spacial score (nSPS) is 11.2. The molecule has 0 aliphatic carbocycles. The molecule has 6 heteroatoms. The molecule has 4 rings (SSSR count). The molecule has 0 aliphatic heterocycles. The van der Waals surface area contributed by atoms with Crippen LogP contribution < -0.4 is 10.1 Å². The predicted octanol–water partition coefficient (Wildman–Crippen LogP) is 4.95. The van der Waals surface area contributed by atoms with Gasteiger partial charge in [0.05, 0.1) is 24.0 Å². The first-order valence-corrected chi connectivity index (χ1v) is 10.9. The highest BCUT2D eigenvalue weighted by Crippen LogP contribution is 2.26. The van der Waals surface area contributed by atoms with Gasteiger partial charge in [0.25, 0.3) is 5.91 Å². The zero-order valence-electron chi connectivity index (χ0n) is 18.9. The maximum atomic E-state index is 12.7. The average molecular weight is 429 g/mol. The van der Waals surface area contributed by atoms with Crippen LogP contribution in [0.4, 0.5) is 0 Å². The van der Waals surface area contributed by atoms with E-state index >= 15 is 0 Å². The number of carbonyl (C=O) groups is 1. The molecule has 0 unspecified atom stereocenters. The molecule has 1 amide bonds. The van der Waals surface area contributed by atoms with E-state index in [4.69, 9.17) is 4.74 Å². The lowest BCUT2D eigenvalue weighted by Crippen LogP contribution is -2.29. The zero-order chi connectivity index (χ0) is 22.7. The van der Waals surface area contributed by atoms with Crippen molar-refractivity contribution in [2.45, 2.75) is 33.6 Å². The molecule has 0 fully saturated rings. The molecule has 0 saturated heterocycles. The molecule has 0 radical (unpaired) electrons. The predicted molar refractivity (Wildman–Crippen MR) is 126 cm³/mol. The van der Waals surface area contributed by atoms with E-state index in [0.717, 1.165) is 28.2 Å². The Kier molecular flexibility index (Phi) is 6.21. The van der Waals surface area contributed by atoms with Crippen molar-refractivity contribution in [1.29, 1.82) is 0 Å². The summed E-state index contributed by atoms with van der Waals surface area (Å²) in [6.45, 7) is 9.05. The van der Waals surface area contributed by atoms with E-state index in [1.165, 1.54) is 11.1 Å². The van der Waals surface area contributed by atoms with Gasteiger partial charge in [-0.2, -0.15) is 5.10 Å². The van der Waals surface area contributed by atoms with Gasteiger partial charge in [-0.15, -0.1) is 0 Å². The van der Waals surface area contributed by atoms with Gasteiger partial charge in [0, 0.05) is 11.8 Å². The Morgan fingerprint density at radius 1 is 1.03 bits per heavy atom. The van der Waals surface area contributed by atoms with Crippen LogP contribution in [0.3, 0.4) is 0 Å². The second kappa shape index (κ2) is 9.22. The molecular weight excluding hydrogens is 400 g/mol. The summed E-state index contributed by atoms with van der Waals surface area (Å²) in [6, 6.07) is 16.3. The lowest BCUT2D eigenvalue weighted by Gasteiger charge is -2.10. The fourth-order valence-corrected chi connectivity index (χ4v) is 3.58. The number of rotatable bonds is 7. The Hall–Kier alpha value is -3.67. The first kappa shape index (κ1) is 21.6. The number of ether oxygens (including phenoxy) is 1. The second-order valence-electron chi connectivity index (χ2n) is 8.25. The number of nitrogens with one attached hydrogen (secondary N) is 1. The SMILES string of the molecule is Cc1ccc(OCCNC(=O)c2cnc3c(-c4ccc(C(C)C)cc4)cnn3c2C)cc1. The average Bonchev–Trinajstić information content (AvgIpc) is 3.23. The molecule has 2 aromatic heterocycles. The third kappa shape index (κ3) is 4.49. The minimum absolute atomic E-state index is 0.192. The maximum absolute atomic E-state index is 12.7. The molecule has 32 heavy (non-hydrogen) atoms. The monoisotopic (exact) mass is 428 g/mol. The van der Waals surface area contributed by atoms with Crippen molar-refractivity contribution in [3.05, 3.63) is 83.3 Å². The number of hydrogen-bond acceptors (Lipinski definition) is 4. The molecule has 0 atom stereocenters. The van der Waals surface area contributed by atoms with E-state index in [2.05, 4.69) is 53.5 Å². The van der Waals surface area contributed by atoms with Crippen molar-refractivity contribution in [2.75, 3.05) is 13.2 Å². The molecule has 164 valence electrons. The highest BCUT2D eigenvalue weighted by atomic mass is 16.5. The Labute approximate surface area is 188 Å². The van der Waals surface area contributed by atoms with E-state index in [9.17, 15) is 4.79 Å². The highest BCUT2D eigenvalue weighted by Gasteiger charge is 2.16. The quantitative estimate of drug-likeness (QED) is 0.423. The standard InChI is InChI=1S/C26H28N4O2/c1-17(2)20-7-9-21(10-8-20)24-16-29-30-19(4)23(15-28-25(24)30)26(31)27-13-14-32-22-11-5-18(3)6-12-22/h5-12,15-17H,13-14H2,1-4H3,(H,27,31). The van der Waals surface area contributed by atoms with Gasteiger partial charge in [0.2, 0.25) is 0 Å². The van der Waals surface area contributed by atoms with Gasteiger partial charge < -0.3 is 10.1 Å². The molecule has 1 N–H and O–H groups in total. The Morgan fingerprint density at radius 2 is 1.75 bits per heavy atom. The minimum Gasteiger partial charge on any atom is -0.492 e. The van der Waals surface area contributed by atoms with E-state index in [1.54, 1.807) is 16.9 Å². The van der Waals surface area contributed by atoms with Crippen LogP contribution >= 0.6 is 0 Å². The molecule has 6 nitrogen and oxygen atoms in total. The Balaban J connectivity index is 1.45. The van der Waals surface area contributed by atoms with Crippen LogP contribution in [-0.2, 0) is 0 Å². The maximum Gasteiger partial charge on any atom is 0.254 e. The summed E-state index contributed by atoms with van der Waals surface area (Å²) in [7, 11) is 0. The number of amides is 1. The molecule has 0 saturated carbocycles. The summed E-state index contributed by atoms with van der Waals surface area (Å²) in [5.74, 6) is 1.08. The smallest absolute Gasteiger partial charge is 0.254 e. The third-order valence-electron chi connectivity index (χ3n) is 5.58. The van der Waals surface area contributed by atoms with Gasteiger partial charge in [-0.05, 0) is 43.0 Å². The summed E-state index contributed by atoms with van der Waals surface area (Å²) in [4.78, 5) is 17.2. The van der Waals surface area contributed by atoms with E-state index in [-0.39, 0.29) is 5.91 Å². The van der Waals surface area contributed by atoms with Crippen molar-refractivity contribution < 1.29 is 9.53 Å². The van der Waals surface area contributed by atoms with Crippen LogP contribution in [0.2, 0.25) is 0 Å². The largest absolute Gasteiger partial charge is 0.492 e. The van der Waals surface area contributed by atoms with Crippen LogP contribution in [0.25, 0.3) is 16.8 Å². The molecule has 2 aromatic carbocycles. The number of carbonyl (C=O) groups excluding carboxylic acids is 1.